The van der Waals surface area contributed by atoms with Crippen molar-refractivity contribution in [1.82, 2.24) is 9.80 Å². The van der Waals surface area contributed by atoms with Gasteiger partial charge in [0.2, 0.25) is 0 Å². The first-order valence-electron chi connectivity index (χ1n) is 10.4. The van der Waals surface area contributed by atoms with Gasteiger partial charge in [-0.25, -0.2) is 0 Å². The van der Waals surface area contributed by atoms with Crippen molar-refractivity contribution < 1.29 is 19.1 Å². The van der Waals surface area contributed by atoms with Crippen molar-refractivity contribution in [1.29, 1.82) is 0 Å². The maximum atomic E-state index is 12.0. The third-order valence-corrected chi connectivity index (χ3v) is 5.17. The van der Waals surface area contributed by atoms with Crippen LogP contribution >= 0.6 is 0 Å². The topological polar surface area (TPSA) is 59.1 Å². The second kappa shape index (κ2) is 13.4. The SMILES string of the molecule is O=C(CCCCCCCCC(=O)CN1CCOCC1)CN1CCOCC1. The zero-order valence-corrected chi connectivity index (χ0v) is 16.3. The molecule has 0 bridgehead atoms. The molecule has 6 heteroatoms. The molecule has 2 heterocycles. The molecule has 0 spiro atoms. The van der Waals surface area contributed by atoms with Crippen LogP contribution in [-0.2, 0) is 19.1 Å². The molecule has 0 saturated carbocycles. The summed E-state index contributed by atoms with van der Waals surface area (Å²) in [5.41, 5.74) is 0. The van der Waals surface area contributed by atoms with Crippen LogP contribution in [0.5, 0.6) is 0 Å². The number of hydrogen-bond donors (Lipinski definition) is 0. The van der Waals surface area contributed by atoms with Gasteiger partial charge in [-0.3, -0.25) is 19.4 Å². The number of carbonyl (C=O) groups is 2. The van der Waals surface area contributed by atoms with E-state index >= 15 is 0 Å². The Morgan fingerprint density at radius 3 is 1.31 bits per heavy atom. The van der Waals surface area contributed by atoms with E-state index in [0.717, 1.165) is 78.3 Å². The molecule has 26 heavy (non-hydrogen) atoms. The molecule has 150 valence electrons. The lowest BCUT2D eigenvalue weighted by Crippen LogP contribution is -2.39. The van der Waals surface area contributed by atoms with Crippen LogP contribution in [0.25, 0.3) is 0 Å². The lowest BCUT2D eigenvalue weighted by atomic mass is 10.1. The van der Waals surface area contributed by atoms with E-state index in [4.69, 9.17) is 9.47 Å². The van der Waals surface area contributed by atoms with Crippen LogP contribution in [0.1, 0.15) is 51.4 Å². The van der Waals surface area contributed by atoms with Crippen LogP contribution in [0.3, 0.4) is 0 Å². The van der Waals surface area contributed by atoms with Crippen LogP contribution < -0.4 is 0 Å². The molecule has 2 fully saturated rings. The summed E-state index contributed by atoms with van der Waals surface area (Å²) >= 11 is 0. The number of hydrogen-bond acceptors (Lipinski definition) is 6. The van der Waals surface area contributed by atoms with Gasteiger partial charge in [0.25, 0.3) is 0 Å². The first-order chi connectivity index (χ1) is 12.7. The number of nitrogens with zero attached hydrogens (tertiary/aromatic N) is 2. The molecule has 0 radical (unpaired) electrons. The van der Waals surface area contributed by atoms with Crippen LogP contribution in [0, 0.1) is 0 Å². The Balaban J connectivity index is 1.36. The summed E-state index contributed by atoms with van der Waals surface area (Å²) in [6.45, 7) is 7.73. The standard InChI is InChI=1S/C20H36N2O4/c23-19(17-21-9-13-25-14-10-21)7-5-3-1-2-4-6-8-20(24)18-22-11-15-26-16-12-22/h1-18H2. The van der Waals surface area contributed by atoms with Gasteiger partial charge in [0.05, 0.1) is 39.5 Å². The monoisotopic (exact) mass is 368 g/mol. The van der Waals surface area contributed by atoms with E-state index in [9.17, 15) is 9.59 Å². The van der Waals surface area contributed by atoms with Gasteiger partial charge in [-0.15, -0.1) is 0 Å². The fraction of sp³-hybridized carbons (Fsp3) is 0.900. The summed E-state index contributed by atoms with van der Waals surface area (Å²) in [7, 11) is 0. The molecule has 0 unspecified atom stereocenters. The lowest BCUT2D eigenvalue weighted by molar-refractivity contribution is -0.122. The summed E-state index contributed by atoms with van der Waals surface area (Å²) in [5, 5.41) is 0. The smallest absolute Gasteiger partial charge is 0.146 e. The molecule has 0 atom stereocenters. The summed E-state index contributed by atoms with van der Waals surface area (Å²) < 4.78 is 10.6. The minimum Gasteiger partial charge on any atom is -0.379 e. The van der Waals surface area contributed by atoms with Crippen molar-refractivity contribution in [2.24, 2.45) is 0 Å². The minimum atomic E-state index is 0.362. The van der Waals surface area contributed by atoms with Crippen LogP contribution in [0.2, 0.25) is 0 Å². The Bertz CT molecular complexity index is 367. The van der Waals surface area contributed by atoms with E-state index < -0.39 is 0 Å². The largest absolute Gasteiger partial charge is 0.379 e. The van der Waals surface area contributed by atoms with Crippen LogP contribution in [0.15, 0.2) is 0 Å². The molecule has 0 aromatic heterocycles. The molecule has 0 aromatic rings. The quantitative estimate of drug-likeness (QED) is 0.463. The van der Waals surface area contributed by atoms with Crippen molar-refractivity contribution >= 4 is 11.6 Å². The molecule has 0 aliphatic carbocycles. The Labute approximate surface area is 158 Å². The van der Waals surface area contributed by atoms with Crippen LogP contribution in [0.4, 0.5) is 0 Å². The zero-order chi connectivity index (χ0) is 18.5. The maximum absolute atomic E-state index is 12.0. The zero-order valence-electron chi connectivity index (χ0n) is 16.3. The van der Waals surface area contributed by atoms with Crippen molar-refractivity contribution in [3.05, 3.63) is 0 Å². The Kier molecular flexibility index (Phi) is 11.0. The average molecular weight is 369 g/mol. The van der Waals surface area contributed by atoms with E-state index in [1.165, 1.54) is 12.8 Å². The Morgan fingerprint density at radius 1 is 0.577 bits per heavy atom. The van der Waals surface area contributed by atoms with Crippen molar-refractivity contribution in [3.8, 4) is 0 Å². The predicted molar refractivity (Wildman–Crippen MR) is 101 cm³/mol. The first kappa shape index (κ1) is 21.5. The van der Waals surface area contributed by atoms with Gasteiger partial charge in [0.1, 0.15) is 11.6 Å². The van der Waals surface area contributed by atoms with Gasteiger partial charge in [-0.05, 0) is 12.8 Å². The van der Waals surface area contributed by atoms with Gasteiger partial charge in [-0.1, -0.05) is 25.7 Å². The predicted octanol–water partition coefficient (Wildman–Crippen LogP) is 1.91. The molecule has 2 saturated heterocycles. The van der Waals surface area contributed by atoms with E-state index in [1.807, 2.05) is 0 Å². The van der Waals surface area contributed by atoms with Gasteiger partial charge in [0, 0.05) is 39.0 Å². The highest BCUT2D eigenvalue weighted by molar-refractivity contribution is 5.80. The molecule has 6 nitrogen and oxygen atoms in total. The number of unbranched alkanes of at least 4 members (excludes halogenated alkanes) is 5. The number of ether oxygens (including phenoxy) is 2. The Morgan fingerprint density at radius 2 is 0.923 bits per heavy atom. The molecule has 2 aliphatic rings. The van der Waals surface area contributed by atoms with Gasteiger partial charge < -0.3 is 9.47 Å². The van der Waals surface area contributed by atoms with Crippen molar-refractivity contribution in [2.75, 3.05) is 65.7 Å². The third kappa shape index (κ3) is 9.76. The normalized spacial score (nSPS) is 19.5. The summed E-state index contributed by atoms with van der Waals surface area (Å²) in [6.07, 6.45) is 7.99. The number of ketones is 2. The van der Waals surface area contributed by atoms with Crippen molar-refractivity contribution in [2.45, 2.75) is 51.4 Å². The highest BCUT2D eigenvalue weighted by Gasteiger charge is 2.14. The lowest BCUT2D eigenvalue weighted by Gasteiger charge is -2.25. The fourth-order valence-electron chi connectivity index (χ4n) is 3.53. The van der Waals surface area contributed by atoms with E-state index in [0.29, 0.717) is 37.5 Å². The second-order valence-electron chi connectivity index (χ2n) is 7.48. The summed E-state index contributed by atoms with van der Waals surface area (Å²) in [6, 6.07) is 0. The number of rotatable bonds is 13. The van der Waals surface area contributed by atoms with E-state index in [1.54, 1.807) is 0 Å². The fourth-order valence-corrected chi connectivity index (χ4v) is 3.53. The van der Waals surface area contributed by atoms with E-state index in [-0.39, 0.29) is 0 Å². The average Bonchev–Trinajstić information content (AvgIpc) is 2.65. The van der Waals surface area contributed by atoms with Crippen LogP contribution in [-0.4, -0.2) is 87.1 Å². The third-order valence-electron chi connectivity index (χ3n) is 5.17. The second-order valence-corrected chi connectivity index (χ2v) is 7.48. The van der Waals surface area contributed by atoms with Gasteiger partial charge in [-0.2, -0.15) is 0 Å². The molecule has 2 rings (SSSR count). The molecular formula is C20H36N2O4. The van der Waals surface area contributed by atoms with Crippen molar-refractivity contribution in [3.63, 3.8) is 0 Å². The summed E-state index contributed by atoms with van der Waals surface area (Å²) in [5.74, 6) is 0.723. The molecule has 0 N–H and O–H groups in total. The molecule has 0 amide bonds. The summed E-state index contributed by atoms with van der Waals surface area (Å²) in [4.78, 5) is 28.3. The first-order valence-corrected chi connectivity index (χ1v) is 10.4. The number of Topliss-reactive ketones (excluding diaryl/α,β-unsaturated/α-hetero) is 2. The van der Waals surface area contributed by atoms with E-state index in [2.05, 4.69) is 9.80 Å². The minimum absolute atomic E-state index is 0.362. The highest BCUT2D eigenvalue weighted by atomic mass is 16.5. The molecule has 0 aromatic carbocycles. The number of carbonyl (C=O) groups excluding carboxylic acids is 2. The maximum Gasteiger partial charge on any atom is 0.146 e. The van der Waals surface area contributed by atoms with Gasteiger partial charge in [0.15, 0.2) is 0 Å². The Hall–Kier alpha value is -0.820. The highest BCUT2D eigenvalue weighted by Crippen LogP contribution is 2.10. The molecule has 2 aliphatic heterocycles. The van der Waals surface area contributed by atoms with Gasteiger partial charge >= 0.3 is 0 Å². The number of morpholine rings is 2. The molecular weight excluding hydrogens is 332 g/mol.